The van der Waals surface area contributed by atoms with E-state index in [0.717, 1.165) is 15.5 Å². The van der Waals surface area contributed by atoms with Crippen LogP contribution in [-0.2, 0) is 5.33 Å². The van der Waals surface area contributed by atoms with E-state index in [0.29, 0.717) is 0 Å². The third kappa shape index (κ3) is 2.17. The van der Waals surface area contributed by atoms with E-state index in [1.807, 2.05) is 6.07 Å². The normalized spacial score (nSPS) is 9.90. The van der Waals surface area contributed by atoms with E-state index < -0.39 is 0 Å². The maximum absolute atomic E-state index is 4.20. The van der Waals surface area contributed by atoms with E-state index in [1.54, 1.807) is 6.20 Å². The van der Waals surface area contributed by atoms with Gasteiger partial charge >= 0.3 is 0 Å². The van der Waals surface area contributed by atoms with Crippen LogP contribution in [0.1, 0.15) is 5.69 Å². The van der Waals surface area contributed by atoms with Gasteiger partial charge in [0, 0.05) is 19.6 Å². The predicted octanol–water partition coefficient (Wildman–Crippen LogP) is 3.34. The first kappa shape index (κ1) is 8.93. The van der Waals surface area contributed by atoms with E-state index in [-0.39, 0.29) is 0 Å². The van der Waals surface area contributed by atoms with Gasteiger partial charge in [0.05, 0.1) is 5.69 Å². The Morgan fingerprint density at radius 1 is 1.60 bits per heavy atom. The van der Waals surface area contributed by atoms with Gasteiger partial charge in [-0.2, -0.15) is 0 Å². The molecule has 0 saturated carbocycles. The number of halogens is 3. The zero-order valence-corrected chi connectivity index (χ0v) is 10.3. The van der Waals surface area contributed by atoms with Gasteiger partial charge in [0.1, 0.15) is 0 Å². The number of rotatable bonds is 1. The van der Waals surface area contributed by atoms with Gasteiger partial charge in [-0.3, -0.25) is 4.98 Å². The molecule has 4 heteroatoms. The van der Waals surface area contributed by atoms with Gasteiger partial charge in [0.2, 0.25) is 0 Å². The Labute approximate surface area is 90.0 Å². The molecule has 0 spiro atoms. The Bertz CT molecular complexity index is 239. The molecule has 10 heavy (non-hydrogen) atoms. The van der Waals surface area contributed by atoms with Crippen LogP contribution in [0.4, 0.5) is 0 Å². The lowest BCUT2D eigenvalue weighted by molar-refractivity contribution is 1.15. The summed E-state index contributed by atoms with van der Waals surface area (Å²) in [5, 5.41) is 0.818. The molecule has 0 atom stereocenters. The summed E-state index contributed by atoms with van der Waals surface area (Å²) in [5.41, 5.74) is 1.09. The van der Waals surface area contributed by atoms with Crippen molar-refractivity contribution in [3.8, 4) is 0 Å². The third-order valence-corrected chi connectivity index (χ3v) is 2.91. The van der Waals surface area contributed by atoms with Gasteiger partial charge in [-0.15, -0.1) is 0 Å². The van der Waals surface area contributed by atoms with Crippen LogP contribution in [0.3, 0.4) is 0 Å². The predicted molar refractivity (Wildman–Crippen MR) is 57.3 cm³/mol. The topological polar surface area (TPSA) is 12.9 Å². The Balaban J connectivity index is 3.07. The minimum atomic E-state index is 0.818. The highest BCUT2D eigenvalue weighted by molar-refractivity contribution is 14.1. The average molecular weight is 377 g/mol. The number of nitrogens with zero attached hydrogens (tertiary/aromatic N) is 1. The Morgan fingerprint density at radius 2 is 2.30 bits per heavy atom. The van der Waals surface area contributed by atoms with Crippen molar-refractivity contribution in [1.82, 2.24) is 4.98 Å². The van der Waals surface area contributed by atoms with Crippen LogP contribution < -0.4 is 0 Å². The maximum atomic E-state index is 4.20. The van der Waals surface area contributed by atoms with Crippen LogP contribution in [0.25, 0.3) is 0 Å². The molecule has 1 aromatic heterocycles. The first-order valence-corrected chi connectivity index (χ1v) is 5.59. The van der Waals surface area contributed by atoms with Crippen molar-refractivity contribution in [2.45, 2.75) is 5.33 Å². The smallest absolute Gasteiger partial charge is 0.0643 e. The molecular formula is C6H4Br2IN. The SMILES string of the molecule is BrCc1ncc(Br)cc1I. The highest BCUT2D eigenvalue weighted by Crippen LogP contribution is 2.17. The molecule has 0 aliphatic heterocycles. The maximum Gasteiger partial charge on any atom is 0.0643 e. The summed E-state index contributed by atoms with van der Waals surface area (Å²) in [6.07, 6.45) is 1.80. The zero-order valence-electron chi connectivity index (χ0n) is 4.94. The molecule has 0 fully saturated rings. The summed E-state index contributed by atoms with van der Waals surface area (Å²) in [4.78, 5) is 4.20. The second-order valence-corrected chi connectivity index (χ2v) is 4.35. The van der Waals surface area contributed by atoms with Gasteiger partial charge in [0.15, 0.2) is 0 Å². The summed E-state index contributed by atoms with van der Waals surface area (Å²) >= 11 is 8.96. The monoisotopic (exact) mass is 375 g/mol. The lowest BCUT2D eigenvalue weighted by atomic mass is 10.4. The molecule has 1 nitrogen and oxygen atoms in total. The molecule has 0 aromatic carbocycles. The quantitative estimate of drug-likeness (QED) is 0.541. The molecular weight excluding hydrogens is 373 g/mol. The molecule has 0 radical (unpaired) electrons. The van der Waals surface area contributed by atoms with Crippen molar-refractivity contribution >= 4 is 54.5 Å². The van der Waals surface area contributed by atoms with Crippen LogP contribution in [0.5, 0.6) is 0 Å². The number of aromatic nitrogens is 1. The van der Waals surface area contributed by atoms with Gasteiger partial charge in [-0.1, -0.05) is 15.9 Å². The van der Waals surface area contributed by atoms with Crippen LogP contribution >= 0.6 is 54.5 Å². The van der Waals surface area contributed by atoms with E-state index in [1.165, 1.54) is 3.57 Å². The molecule has 0 saturated heterocycles. The van der Waals surface area contributed by atoms with Gasteiger partial charge in [0.25, 0.3) is 0 Å². The number of hydrogen-bond donors (Lipinski definition) is 0. The molecule has 1 rings (SSSR count). The molecule has 54 valence electrons. The fourth-order valence-electron chi connectivity index (χ4n) is 0.541. The molecule has 0 aliphatic carbocycles. The molecule has 0 unspecified atom stereocenters. The van der Waals surface area contributed by atoms with Gasteiger partial charge < -0.3 is 0 Å². The van der Waals surface area contributed by atoms with Crippen molar-refractivity contribution in [2.24, 2.45) is 0 Å². The van der Waals surface area contributed by atoms with Crippen molar-refractivity contribution < 1.29 is 0 Å². The lowest BCUT2D eigenvalue weighted by Gasteiger charge is -1.97. The largest absolute Gasteiger partial charge is 0.258 e. The Hall–Kier alpha value is 0.840. The van der Waals surface area contributed by atoms with Crippen molar-refractivity contribution in [3.05, 3.63) is 26.0 Å². The van der Waals surface area contributed by atoms with Crippen LogP contribution in [0.15, 0.2) is 16.7 Å². The summed E-state index contributed by atoms with van der Waals surface area (Å²) in [6.45, 7) is 0. The highest BCUT2D eigenvalue weighted by Gasteiger charge is 1.98. The average Bonchev–Trinajstić information content (AvgIpc) is 1.88. The first-order chi connectivity index (χ1) is 4.74. The zero-order chi connectivity index (χ0) is 7.56. The number of hydrogen-bond acceptors (Lipinski definition) is 1. The lowest BCUT2D eigenvalue weighted by Crippen LogP contribution is -1.88. The van der Waals surface area contributed by atoms with E-state index in [2.05, 4.69) is 59.4 Å². The summed E-state index contributed by atoms with van der Waals surface area (Å²) in [5.74, 6) is 0. The summed E-state index contributed by atoms with van der Waals surface area (Å²) < 4.78 is 2.21. The second-order valence-electron chi connectivity index (χ2n) is 1.72. The van der Waals surface area contributed by atoms with E-state index >= 15 is 0 Å². The molecule has 0 bridgehead atoms. The van der Waals surface area contributed by atoms with E-state index in [9.17, 15) is 0 Å². The van der Waals surface area contributed by atoms with Crippen LogP contribution in [0, 0.1) is 3.57 Å². The summed E-state index contributed by atoms with van der Waals surface area (Å²) in [6, 6.07) is 2.05. The Morgan fingerprint density at radius 3 is 2.80 bits per heavy atom. The minimum Gasteiger partial charge on any atom is -0.258 e. The number of alkyl halides is 1. The van der Waals surface area contributed by atoms with Crippen LogP contribution in [0.2, 0.25) is 0 Å². The fourth-order valence-corrected chi connectivity index (χ4v) is 2.94. The standard InChI is InChI=1S/C6H4Br2IN/c7-2-6-5(9)1-4(8)3-10-6/h1,3H,2H2. The van der Waals surface area contributed by atoms with Gasteiger partial charge in [-0.05, 0) is 44.6 Å². The second kappa shape index (κ2) is 4.01. The molecule has 1 heterocycles. The van der Waals surface area contributed by atoms with Crippen molar-refractivity contribution in [3.63, 3.8) is 0 Å². The minimum absolute atomic E-state index is 0.818. The van der Waals surface area contributed by atoms with Crippen LogP contribution in [-0.4, -0.2) is 4.98 Å². The van der Waals surface area contributed by atoms with Crippen molar-refractivity contribution in [2.75, 3.05) is 0 Å². The van der Waals surface area contributed by atoms with Gasteiger partial charge in [-0.25, -0.2) is 0 Å². The fraction of sp³-hybridized carbons (Fsp3) is 0.167. The molecule has 1 aromatic rings. The van der Waals surface area contributed by atoms with E-state index in [4.69, 9.17) is 0 Å². The molecule has 0 amide bonds. The number of pyridine rings is 1. The highest BCUT2D eigenvalue weighted by atomic mass is 127. The summed E-state index contributed by atoms with van der Waals surface area (Å²) in [7, 11) is 0. The molecule has 0 N–H and O–H groups in total. The first-order valence-electron chi connectivity index (χ1n) is 2.60. The van der Waals surface area contributed by atoms with Crippen molar-refractivity contribution in [1.29, 1.82) is 0 Å². The third-order valence-electron chi connectivity index (χ3n) is 1.01. The molecule has 0 aliphatic rings. The Kier molecular flexibility index (Phi) is 3.59.